The number of aromatic amines is 1. The first-order valence-corrected chi connectivity index (χ1v) is 8.29. The first-order chi connectivity index (χ1) is 12.1. The maximum atomic E-state index is 12.5. The SMILES string of the molecule is COC(=O)[C@H](Cc1c[nH]c2ccccc12)N(C(C)=O)C(=O)OC(C)(C)C. The summed E-state index contributed by atoms with van der Waals surface area (Å²) in [5.41, 5.74) is 0.898. The summed E-state index contributed by atoms with van der Waals surface area (Å²) in [4.78, 5) is 40.9. The zero-order valence-corrected chi connectivity index (χ0v) is 15.7. The highest BCUT2D eigenvalue weighted by Crippen LogP contribution is 2.22. The van der Waals surface area contributed by atoms with Gasteiger partial charge in [-0.3, -0.25) is 4.79 Å². The Morgan fingerprint density at radius 2 is 1.85 bits per heavy atom. The molecule has 7 heteroatoms. The van der Waals surface area contributed by atoms with E-state index >= 15 is 0 Å². The Hall–Kier alpha value is -2.83. The molecule has 1 heterocycles. The van der Waals surface area contributed by atoms with Gasteiger partial charge in [0.2, 0.25) is 5.91 Å². The number of hydrogen-bond donors (Lipinski definition) is 1. The number of ether oxygens (including phenoxy) is 2. The molecule has 140 valence electrons. The average molecular weight is 360 g/mol. The quantitative estimate of drug-likeness (QED) is 0.847. The van der Waals surface area contributed by atoms with Gasteiger partial charge in [0.15, 0.2) is 0 Å². The summed E-state index contributed by atoms with van der Waals surface area (Å²) < 4.78 is 10.1. The largest absolute Gasteiger partial charge is 0.467 e. The fourth-order valence-electron chi connectivity index (χ4n) is 2.71. The Kier molecular flexibility index (Phi) is 5.69. The minimum Gasteiger partial charge on any atom is -0.467 e. The van der Waals surface area contributed by atoms with Gasteiger partial charge in [0.05, 0.1) is 7.11 Å². The molecule has 1 aromatic heterocycles. The molecule has 0 aliphatic heterocycles. The number of H-pyrrole nitrogens is 1. The van der Waals surface area contributed by atoms with Crippen molar-refractivity contribution in [2.75, 3.05) is 7.11 Å². The van der Waals surface area contributed by atoms with Gasteiger partial charge < -0.3 is 14.5 Å². The van der Waals surface area contributed by atoms with Crippen LogP contribution in [0, 0.1) is 0 Å². The molecule has 0 radical (unpaired) electrons. The van der Waals surface area contributed by atoms with E-state index in [2.05, 4.69) is 4.98 Å². The highest BCUT2D eigenvalue weighted by molar-refractivity contribution is 5.96. The highest BCUT2D eigenvalue weighted by atomic mass is 16.6. The lowest BCUT2D eigenvalue weighted by atomic mass is 10.0. The Morgan fingerprint density at radius 1 is 1.19 bits per heavy atom. The first-order valence-electron chi connectivity index (χ1n) is 8.29. The second kappa shape index (κ2) is 7.59. The van der Waals surface area contributed by atoms with Crippen LogP contribution in [0.4, 0.5) is 4.79 Å². The second-order valence-electron chi connectivity index (χ2n) is 6.97. The van der Waals surface area contributed by atoms with Gasteiger partial charge in [-0.1, -0.05) is 18.2 Å². The number of rotatable bonds is 4. The van der Waals surface area contributed by atoms with Crippen molar-refractivity contribution < 1.29 is 23.9 Å². The number of esters is 1. The number of nitrogens with zero attached hydrogens (tertiary/aromatic N) is 1. The summed E-state index contributed by atoms with van der Waals surface area (Å²) in [6, 6.07) is 6.46. The number of carbonyl (C=O) groups is 3. The number of imide groups is 1. The summed E-state index contributed by atoms with van der Waals surface area (Å²) in [6.45, 7) is 6.29. The van der Waals surface area contributed by atoms with Crippen molar-refractivity contribution in [3.8, 4) is 0 Å². The van der Waals surface area contributed by atoms with E-state index in [4.69, 9.17) is 9.47 Å². The number of methoxy groups -OCH3 is 1. The van der Waals surface area contributed by atoms with Gasteiger partial charge in [-0.25, -0.2) is 14.5 Å². The standard InChI is InChI=1S/C19H24N2O5/c1-12(22)21(18(24)26-19(2,3)4)16(17(23)25-5)10-13-11-20-15-9-7-6-8-14(13)15/h6-9,11,16,20H,10H2,1-5H3/t16-/m0/s1. The number of hydrogen-bond acceptors (Lipinski definition) is 5. The van der Waals surface area contributed by atoms with Crippen LogP contribution in [0.5, 0.6) is 0 Å². The summed E-state index contributed by atoms with van der Waals surface area (Å²) in [6.07, 6.45) is 1.00. The molecule has 1 N–H and O–H groups in total. The first kappa shape index (κ1) is 19.5. The van der Waals surface area contributed by atoms with Crippen LogP contribution in [-0.2, 0) is 25.5 Å². The molecule has 2 rings (SSSR count). The minimum absolute atomic E-state index is 0.121. The van der Waals surface area contributed by atoms with E-state index in [1.807, 2.05) is 24.3 Å². The number of nitrogens with one attached hydrogen (secondary N) is 1. The van der Waals surface area contributed by atoms with E-state index in [0.717, 1.165) is 21.4 Å². The van der Waals surface area contributed by atoms with Crippen molar-refractivity contribution in [3.05, 3.63) is 36.0 Å². The molecular weight excluding hydrogens is 336 g/mol. The summed E-state index contributed by atoms with van der Waals surface area (Å²) in [7, 11) is 1.22. The Bertz CT molecular complexity index is 819. The van der Waals surface area contributed by atoms with Crippen molar-refractivity contribution in [1.82, 2.24) is 9.88 Å². The second-order valence-corrected chi connectivity index (χ2v) is 6.97. The number of amides is 2. The molecular formula is C19H24N2O5. The van der Waals surface area contributed by atoms with Gasteiger partial charge in [-0.2, -0.15) is 0 Å². The van der Waals surface area contributed by atoms with E-state index in [0.29, 0.717) is 0 Å². The van der Waals surface area contributed by atoms with Gasteiger partial charge in [-0.05, 0) is 32.4 Å². The van der Waals surface area contributed by atoms with Crippen LogP contribution in [0.15, 0.2) is 30.5 Å². The van der Waals surface area contributed by atoms with Crippen LogP contribution < -0.4 is 0 Å². The van der Waals surface area contributed by atoms with E-state index in [9.17, 15) is 14.4 Å². The normalized spacial score (nSPS) is 12.5. The molecule has 1 atom stereocenters. The molecule has 0 aliphatic carbocycles. The fraction of sp³-hybridized carbons (Fsp3) is 0.421. The molecule has 0 spiro atoms. The summed E-state index contributed by atoms with van der Waals surface area (Å²) >= 11 is 0. The fourth-order valence-corrected chi connectivity index (χ4v) is 2.71. The number of fused-ring (bicyclic) bond motifs is 1. The smallest absolute Gasteiger partial charge is 0.417 e. The van der Waals surface area contributed by atoms with Crippen molar-refractivity contribution in [1.29, 1.82) is 0 Å². The maximum Gasteiger partial charge on any atom is 0.417 e. The van der Waals surface area contributed by atoms with Crippen LogP contribution >= 0.6 is 0 Å². The molecule has 0 fully saturated rings. The van der Waals surface area contributed by atoms with Gasteiger partial charge >= 0.3 is 12.1 Å². The number of para-hydroxylation sites is 1. The molecule has 26 heavy (non-hydrogen) atoms. The molecule has 2 aromatic rings. The zero-order chi connectivity index (χ0) is 19.5. The van der Waals surface area contributed by atoms with Crippen molar-refractivity contribution >= 4 is 28.9 Å². The van der Waals surface area contributed by atoms with Gasteiger partial charge in [0.25, 0.3) is 0 Å². The van der Waals surface area contributed by atoms with Gasteiger partial charge in [-0.15, -0.1) is 0 Å². The van der Waals surface area contributed by atoms with Crippen LogP contribution in [0.25, 0.3) is 10.9 Å². The van der Waals surface area contributed by atoms with Crippen molar-refractivity contribution in [3.63, 3.8) is 0 Å². The molecule has 0 saturated carbocycles. The number of carbonyl (C=O) groups excluding carboxylic acids is 3. The Morgan fingerprint density at radius 3 is 2.42 bits per heavy atom. The Balaban J connectivity index is 2.39. The topological polar surface area (TPSA) is 88.7 Å². The van der Waals surface area contributed by atoms with Crippen LogP contribution in [0.1, 0.15) is 33.3 Å². The summed E-state index contributed by atoms with van der Waals surface area (Å²) in [5, 5.41) is 0.911. The third-order valence-electron chi connectivity index (χ3n) is 3.80. The molecule has 0 aliphatic rings. The van der Waals surface area contributed by atoms with E-state index in [-0.39, 0.29) is 6.42 Å². The molecule has 0 unspecified atom stereocenters. The van der Waals surface area contributed by atoms with E-state index in [1.165, 1.54) is 14.0 Å². The molecule has 2 amide bonds. The molecule has 0 bridgehead atoms. The Labute approximate surface area is 152 Å². The third-order valence-corrected chi connectivity index (χ3v) is 3.80. The third kappa shape index (κ3) is 4.41. The van der Waals surface area contributed by atoms with Crippen LogP contribution in [0.3, 0.4) is 0 Å². The lowest BCUT2D eigenvalue weighted by Gasteiger charge is -2.30. The molecule has 7 nitrogen and oxygen atoms in total. The lowest BCUT2D eigenvalue weighted by molar-refractivity contribution is -0.151. The number of benzene rings is 1. The van der Waals surface area contributed by atoms with E-state index < -0.39 is 29.6 Å². The minimum atomic E-state index is -1.12. The van der Waals surface area contributed by atoms with Crippen molar-refractivity contribution in [2.45, 2.75) is 45.8 Å². The predicted molar refractivity (Wildman–Crippen MR) is 96.6 cm³/mol. The summed E-state index contributed by atoms with van der Waals surface area (Å²) in [5.74, 6) is -1.27. The highest BCUT2D eigenvalue weighted by Gasteiger charge is 2.37. The average Bonchev–Trinajstić information content (AvgIpc) is 2.94. The predicted octanol–water partition coefficient (Wildman–Crippen LogP) is 3.04. The lowest BCUT2D eigenvalue weighted by Crippen LogP contribution is -2.51. The molecule has 0 saturated heterocycles. The van der Waals surface area contributed by atoms with E-state index in [1.54, 1.807) is 27.0 Å². The monoisotopic (exact) mass is 360 g/mol. The maximum absolute atomic E-state index is 12.5. The molecule has 1 aromatic carbocycles. The van der Waals surface area contributed by atoms with Crippen LogP contribution in [0.2, 0.25) is 0 Å². The number of aromatic nitrogens is 1. The van der Waals surface area contributed by atoms with Gasteiger partial charge in [0.1, 0.15) is 11.6 Å². The van der Waals surface area contributed by atoms with Crippen LogP contribution in [-0.4, -0.2) is 46.6 Å². The van der Waals surface area contributed by atoms with Crippen molar-refractivity contribution in [2.24, 2.45) is 0 Å². The van der Waals surface area contributed by atoms with Gasteiger partial charge in [0, 0.05) is 30.4 Å². The zero-order valence-electron chi connectivity index (χ0n) is 15.7.